The molecule has 124 valence electrons. The van der Waals surface area contributed by atoms with E-state index in [1.807, 2.05) is 36.4 Å². The van der Waals surface area contributed by atoms with Gasteiger partial charge in [0.05, 0.1) is 12.8 Å². The van der Waals surface area contributed by atoms with Crippen LogP contribution in [0.1, 0.15) is 49.9 Å². The fourth-order valence-corrected chi connectivity index (χ4v) is 2.48. The zero-order chi connectivity index (χ0) is 16.5. The number of nitrogens with two attached hydrogens (primary N) is 1. The van der Waals surface area contributed by atoms with Crippen LogP contribution in [0.3, 0.4) is 0 Å². The zero-order valence-electron chi connectivity index (χ0n) is 14.0. The molecule has 0 aliphatic rings. The van der Waals surface area contributed by atoms with Gasteiger partial charge in [0.15, 0.2) is 0 Å². The van der Waals surface area contributed by atoms with Crippen molar-refractivity contribution in [3.05, 3.63) is 53.9 Å². The fraction of sp³-hybridized carbons (Fsp3) is 0.421. The van der Waals surface area contributed by atoms with Crippen LogP contribution in [-0.2, 0) is 6.61 Å². The first-order valence-electron chi connectivity index (χ1n) is 8.20. The molecule has 0 saturated carbocycles. The van der Waals surface area contributed by atoms with E-state index in [4.69, 9.17) is 15.2 Å². The Bertz CT molecular complexity index is 587. The Labute approximate surface area is 138 Å². The summed E-state index contributed by atoms with van der Waals surface area (Å²) in [6.45, 7) is 2.61. The number of hydrogen-bond donors (Lipinski definition) is 1. The van der Waals surface area contributed by atoms with E-state index in [0.29, 0.717) is 6.61 Å². The molecule has 23 heavy (non-hydrogen) atoms. The van der Waals surface area contributed by atoms with Gasteiger partial charge in [0.2, 0.25) is 0 Å². The van der Waals surface area contributed by atoms with Gasteiger partial charge in [-0.05, 0) is 24.6 Å². The van der Waals surface area contributed by atoms with Crippen molar-refractivity contribution in [2.24, 2.45) is 5.73 Å². The van der Waals surface area contributed by atoms with Gasteiger partial charge >= 0.3 is 0 Å². The van der Waals surface area contributed by atoms with E-state index in [-0.39, 0.29) is 6.04 Å². The van der Waals surface area contributed by atoms with Crippen molar-refractivity contribution < 1.29 is 9.47 Å². The monoisotopic (exact) mass is 314 g/mol. The zero-order valence-corrected chi connectivity index (χ0v) is 14.0. The second kappa shape index (κ2) is 9.16. The van der Waals surface area contributed by atoms with Crippen molar-refractivity contribution in [1.29, 1.82) is 0 Å². The number of hydrogen-bond acceptors (Lipinski definition) is 4. The van der Waals surface area contributed by atoms with Gasteiger partial charge in [0, 0.05) is 23.9 Å². The summed E-state index contributed by atoms with van der Waals surface area (Å²) in [6.07, 6.45) is 6.25. The molecule has 1 aromatic carbocycles. The largest absolute Gasteiger partial charge is 0.497 e. The summed E-state index contributed by atoms with van der Waals surface area (Å²) in [5, 5.41) is 0. The van der Waals surface area contributed by atoms with E-state index in [9.17, 15) is 0 Å². The summed E-state index contributed by atoms with van der Waals surface area (Å²) in [7, 11) is 1.65. The summed E-state index contributed by atoms with van der Waals surface area (Å²) < 4.78 is 11.3. The molecule has 0 bridgehead atoms. The molecular weight excluding hydrogens is 288 g/mol. The van der Waals surface area contributed by atoms with Crippen LogP contribution >= 0.6 is 0 Å². The van der Waals surface area contributed by atoms with Gasteiger partial charge < -0.3 is 15.2 Å². The Kier molecular flexibility index (Phi) is 6.88. The van der Waals surface area contributed by atoms with Gasteiger partial charge in [-0.25, -0.2) is 0 Å². The molecule has 0 amide bonds. The smallest absolute Gasteiger partial charge is 0.130 e. The topological polar surface area (TPSA) is 57.4 Å². The van der Waals surface area contributed by atoms with Gasteiger partial charge in [0.25, 0.3) is 0 Å². The third-order valence-electron chi connectivity index (χ3n) is 3.84. The highest BCUT2D eigenvalue weighted by Crippen LogP contribution is 2.31. The van der Waals surface area contributed by atoms with E-state index in [1.165, 1.54) is 12.8 Å². The third kappa shape index (κ3) is 5.25. The minimum Gasteiger partial charge on any atom is -0.497 e. The maximum absolute atomic E-state index is 6.36. The molecule has 1 unspecified atom stereocenters. The van der Waals surface area contributed by atoms with Crippen LogP contribution in [0.15, 0.2) is 42.6 Å². The molecule has 0 radical (unpaired) electrons. The highest BCUT2D eigenvalue weighted by Gasteiger charge is 2.13. The van der Waals surface area contributed by atoms with Crippen molar-refractivity contribution in [3.63, 3.8) is 0 Å². The average molecular weight is 314 g/mol. The quantitative estimate of drug-likeness (QED) is 0.703. The molecule has 0 aliphatic carbocycles. The fourth-order valence-electron chi connectivity index (χ4n) is 2.48. The first-order valence-corrected chi connectivity index (χ1v) is 8.20. The maximum Gasteiger partial charge on any atom is 0.130 e. The lowest BCUT2D eigenvalue weighted by molar-refractivity contribution is 0.293. The van der Waals surface area contributed by atoms with E-state index >= 15 is 0 Å². The number of benzene rings is 1. The molecule has 2 aromatic rings. The predicted molar refractivity (Wildman–Crippen MR) is 92.6 cm³/mol. The lowest BCUT2D eigenvalue weighted by Gasteiger charge is -2.18. The normalized spacial score (nSPS) is 12.0. The van der Waals surface area contributed by atoms with E-state index < -0.39 is 0 Å². The highest BCUT2D eigenvalue weighted by molar-refractivity contribution is 5.42. The number of unbranched alkanes of at least 4 members (excludes halogenated alkanes) is 2. The second-order valence-electron chi connectivity index (χ2n) is 5.62. The van der Waals surface area contributed by atoms with Crippen LogP contribution in [-0.4, -0.2) is 12.1 Å². The molecule has 0 aliphatic heterocycles. The van der Waals surface area contributed by atoms with E-state index in [1.54, 1.807) is 13.3 Å². The van der Waals surface area contributed by atoms with Crippen LogP contribution in [0.5, 0.6) is 11.5 Å². The van der Waals surface area contributed by atoms with Crippen molar-refractivity contribution in [2.75, 3.05) is 7.11 Å². The summed E-state index contributed by atoms with van der Waals surface area (Å²) in [4.78, 5) is 4.28. The Morgan fingerprint density at radius 3 is 2.74 bits per heavy atom. The third-order valence-corrected chi connectivity index (χ3v) is 3.84. The number of aromatic nitrogens is 1. The Hall–Kier alpha value is -2.07. The molecule has 4 heteroatoms. The van der Waals surface area contributed by atoms with Crippen LogP contribution in [0.25, 0.3) is 0 Å². The van der Waals surface area contributed by atoms with Gasteiger partial charge in [-0.15, -0.1) is 0 Å². The van der Waals surface area contributed by atoms with Crippen LogP contribution in [0.2, 0.25) is 0 Å². The van der Waals surface area contributed by atoms with Crippen LogP contribution in [0, 0.1) is 0 Å². The molecule has 1 atom stereocenters. The van der Waals surface area contributed by atoms with Crippen molar-refractivity contribution in [1.82, 2.24) is 4.98 Å². The first kappa shape index (κ1) is 17.3. The van der Waals surface area contributed by atoms with Crippen molar-refractivity contribution in [3.8, 4) is 11.5 Å². The molecule has 0 saturated heterocycles. The number of pyridine rings is 1. The average Bonchev–Trinajstić information content (AvgIpc) is 2.60. The molecule has 2 N–H and O–H groups in total. The number of ether oxygens (including phenoxy) is 2. The summed E-state index contributed by atoms with van der Waals surface area (Å²) in [5.74, 6) is 1.55. The van der Waals surface area contributed by atoms with E-state index in [0.717, 1.165) is 35.6 Å². The summed E-state index contributed by atoms with van der Waals surface area (Å²) in [6, 6.07) is 11.6. The Balaban J connectivity index is 2.11. The van der Waals surface area contributed by atoms with Crippen LogP contribution < -0.4 is 15.2 Å². The highest BCUT2D eigenvalue weighted by atomic mass is 16.5. The molecular formula is C19H26N2O2. The maximum atomic E-state index is 6.36. The standard InChI is InChI=1S/C19H26N2O2/c1-3-4-5-9-18(20)17-11-10-16(22-2)13-19(17)23-14-15-8-6-7-12-21-15/h6-8,10-13,18H,3-5,9,14,20H2,1-2H3. The van der Waals surface area contributed by atoms with Gasteiger partial charge in [0.1, 0.15) is 18.1 Å². The lowest BCUT2D eigenvalue weighted by atomic mass is 10.00. The molecule has 2 rings (SSSR count). The molecule has 1 aromatic heterocycles. The van der Waals surface area contributed by atoms with Crippen molar-refractivity contribution >= 4 is 0 Å². The second-order valence-corrected chi connectivity index (χ2v) is 5.62. The minimum atomic E-state index is -0.0220. The van der Waals surface area contributed by atoms with Crippen LogP contribution in [0.4, 0.5) is 0 Å². The Morgan fingerprint density at radius 1 is 1.17 bits per heavy atom. The SMILES string of the molecule is CCCCCC(N)c1ccc(OC)cc1OCc1ccccn1. The molecule has 1 heterocycles. The molecule has 4 nitrogen and oxygen atoms in total. The van der Waals surface area contributed by atoms with Gasteiger partial charge in [-0.3, -0.25) is 4.98 Å². The van der Waals surface area contributed by atoms with Gasteiger partial charge in [-0.1, -0.05) is 38.3 Å². The predicted octanol–water partition coefficient (Wildman–Crippen LogP) is 4.25. The summed E-state index contributed by atoms with van der Waals surface area (Å²) in [5.41, 5.74) is 8.28. The number of methoxy groups -OCH3 is 1. The number of rotatable bonds is 9. The summed E-state index contributed by atoms with van der Waals surface area (Å²) >= 11 is 0. The lowest BCUT2D eigenvalue weighted by Crippen LogP contribution is -2.12. The Morgan fingerprint density at radius 2 is 2.04 bits per heavy atom. The van der Waals surface area contributed by atoms with Gasteiger partial charge in [-0.2, -0.15) is 0 Å². The molecule has 0 spiro atoms. The number of nitrogens with zero attached hydrogens (tertiary/aromatic N) is 1. The van der Waals surface area contributed by atoms with Crippen molar-refractivity contribution in [2.45, 2.75) is 45.3 Å². The molecule has 0 fully saturated rings. The van der Waals surface area contributed by atoms with E-state index in [2.05, 4.69) is 11.9 Å². The minimum absolute atomic E-state index is 0.0220. The first-order chi connectivity index (χ1) is 11.2.